The third-order valence-electron chi connectivity index (χ3n) is 7.47. The van der Waals surface area contributed by atoms with E-state index in [9.17, 15) is 14.0 Å². The van der Waals surface area contributed by atoms with E-state index in [4.69, 9.17) is 9.47 Å². The summed E-state index contributed by atoms with van der Waals surface area (Å²) < 4.78 is 28.5. The molecule has 0 spiro atoms. The van der Waals surface area contributed by atoms with Gasteiger partial charge >= 0.3 is 5.97 Å². The van der Waals surface area contributed by atoms with Crippen molar-refractivity contribution in [1.82, 2.24) is 9.80 Å². The molecule has 3 atom stereocenters. The molecule has 2 aliphatic heterocycles. The third-order valence-corrected chi connectivity index (χ3v) is 8.41. The number of rotatable bonds is 8. The second-order valence-corrected chi connectivity index (χ2v) is 10.6. The predicted molar refractivity (Wildman–Crippen MR) is 137 cm³/mol. The lowest BCUT2D eigenvalue weighted by molar-refractivity contribution is -0.135. The Kier molecular flexibility index (Phi) is 7.12. The molecular weight excluding hydrogens is 481 g/mol. The number of fused-ring (bicyclic) bond motifs is 3. The summed E-state index contributed by atoms with van der Waals surface area (Å²) in [5, 5.41) is 0. The predicted octanol–water partition coefficient (Wildman–Crippen LogP) is 4.67. The van der Waals surface area contributed by atoms with E-state index in [1.54, 1.807) is 18.0 Å². The second kappa shape index (κ2) is 10.3. The number of nitrogens with zero attached hydrogens (tertiary/aromatic N) is 2. The van der Waals surface area contributed by atoms with Gasteiger partial charge in [-0.05, 0) is 85.6 Å². The monoisotopic (exact) mass is 513 g/mol. The maximum absolute atomic E-state index is 14.2. The Balaban J connectivity index is 1.35. The zero-order valence-corrected chi connectivity index (χ0v) is 21.7. The van der Waals surface area contributed by atoms with Crippen LogP contribution in [-0.2, 0) is 16.1 Å². The number of hydrogen-bond donors (Lipinski definition) is 1. The molecule has 36 heavy (non-hydrogen) atoms. The Labute approximate surface area is 215 Å². The number of methoxy groups -OCH3 is 1. The highest BCUT2D eigenvalue weighted by Crippen LogP contribution is 2.55. The standard InChI is InChI=1S/C27H32FN3O4S/c1-4-31-11-5-6-22(31)26(32)30(2)14-16-12-18(28)7-10-23(16)36-29-21-9-8-19-20-13-17(20)15-35-25(19)24(21)27(33)34-3/h7-10,12,17,20,22,29H,4-6,11,13-15H2,1-3H3/t17?,20?,22-/m1/s1. The molecule has 1 aliphatic carbocycles. The average molecular weight is 514 g/mol. The van der Waals surface area contributed by atoms with Crippen molar-refractivity contribution in [3.8, 4) is 5.75 Å². The smallest absolute Gasteiger partial charge is 0.343 e. The third kappa shape index (κ3) is 4.78. The summed E-state index contributed by atoms with van der Waals surface area (Å²) >= 11 is 1.28. The van der Waals surface area contributed by atoms with Gasteiger partial charge in [0.25, 0.3) is 0 Å². The Morgan fingerprint density at radius 1 is 1.31 bits per heavy atom. The largest absolute Gasteiger partial charge is 0.492 e. The molecule has 2 fully saturated rings. The first-order valence-corrected chi connectivity index (χ1v) is 13.3. The first-order chi connectivity index (χ1) is 17.4. The Hall–Kier alpha value is -2.78. The second-order valence-electron chi connectivity index (χ2n) is 9.75. The molecule has 1 saturated carbocycles. The van der Waals surface area contributed by atoms with E-state index < -0.39 is 5.97 Å². The lowest BCUT2D eigenvalue weighted by Crippen LogP contribution is -2.43. The van der Waals surface area contributed by atoms with Crippen LogP contribution in [0.4, 0.5) is 10.1 Å². The summed E-state index contributed by atoms with van der Waals surface area (Å²) in [6.07, 6.45) is 2.94. The lowest BCUT2D eigenvalue weighted by Gasteiger charge is -2.27. The Morgan fingerprint density at radius 2 is 2.14 bits per heavy atom. The number of benzene rings is 2. The molecule has 3 aliphatic rings. The number of esters is 1. The van der Waals surface area contributed by atoms with Crippen molar-refractivity contribution in [2.24, 2.45) is 5.92 Å². The van der Waals surface area contributed by atoms with Crippen molar-refractivity contribution in [1.29, 1.82) is 0 Å². The van der Waals surface area contributed by atoms with Crippen molar-refractivity contribution in [2.75, 3.05) is 38.6 Å². The number of nitrogens with one attached hydrogen (secondary N) is 1. The summed E-state index contributed by atoms with van der Waals surface area (Å²) in [5.74, 6) is 0.803. The lowest BCUT2D eigenvalue weighted by atomic mass is 10.0. The molecule has 7 nitrogen and oxygen atoms in total. The fourth-order valence-corrected chi connectivity index (χ4v) is 6.17. The topological polar surface area (TPSA) is 71.1 Å². The van der Waals surface area contributed by atoms with Gasteiger partial charge in [-0.2, -0.15) is 0 Å². The van der Waals surface area contributed by atoms with Gasteiger partial charge in [-0.15, -0.1) is 0 Å². The van der Waals surface area contributed by atoms with Crippen LogP contribution in [0, 0.1) is 11.7 Å². The average Bonchev–Trinajstić information content (AvgIpc) is 3.54. The maximum Gasteiger partial charge on any atom is 0.343 e. The van der Waals surface area contributed by atoms with Crippen molar-refractivity contribution in [3.63, 3.8) is 0 Å². The van der Waals surface area contributed by atoms with E-state index in [0.717, 1.165) is 42.8 Å². The van der Waals surface area contributed by atoms with Gasteiger partial charge in [0.05, 0.1) is 25.4 Å². The number of carbonyl (C=O) groups is 2. The van der Waals surface area contributed by atoms with Crippen LogP contribution in [0.5, 0.6) is 5.75 Å². The highest BCUT2D eigenvalue weighted by atomic mass is 32.2. The fourth-order valence-electron chi connectivity index (χ4n) is 5.39. The van der Waals surface area contributed by atoms with Crippen LogP contribution in [0.15, 0.2) is 35.2 Å². The van der Waals surface area contributed by atoms with Gasteiger partial charge in [-0.25, -0.2) is 9.18 Å². The van der Waals surface area contributed by atoms with Gasteiger partial charge in [-0.3, -0.25) is 9.69 Å². The van der Waals surface area contributed by atoms with Gasteiger partial charge in [0, 0.05) is 24.4 Å². The van der Waals surface area contributed by atoms with E-state index >= 15 is 0 Å². The maximum atomic E-state index is 14.2. The SMILES string of the molecule is CCN1CCC[C@@H]1C(=O)N(C)Cc1cc(F)ccc1SNc1ccc2c(c1C(=O)OC)OCC1CC21. The molecule has 1 amide bonds. The number of halogens is 1. The minimum absolute atomic E-state index is 0.0562. The summed E-state index contributed by atoms with van der Waals surface area (Å²) in [4.78, 5) is 30.5. The number of hydrogen-bond acceptors (Lipinski definition) is 7. The van der Waals surface area contributed by atoms with Crippen LogP contribution in [0.2, 0.25) is 0 Å². The molecule has 2 aromatic rings. The van der Waals surface area contributed by atoms with E-state index in [0.29, 0.717) is 41.0 Å². The number of ether oxygens (including phenoxy) is 2. The molecule has 1 N–H and O–H groups in total. The first kappa shape index (κ1) is 24.9. The molecule has 1 saturated heterocycles. The Morgan fingerprint density at radius 3 is 2.92 bits per heavy atom. The van der Waals surface area contributed by atoms with Crippen LogP contribution in [0.25, 0.3) is 0 Å². The number of amides is 1. The normalized spacial score (nSPS) is 22.3. The van der Waals surface area contributed by atoms with Gasteiger partial charge in [-0.1, -0.05) is 13.0 Å². The quantitative estimate of drug-likeness (QED) is 0.406. The summed E-state index contributed by atoms with van der Waals surface area (Å²) in [7, 11) is 3.12. The van der Waals surface area contributed by atoms with Crippen LogP contribution < -0.4 is 9.46 Å². The zero-order chi connectivity index (χ0) is 25.4. The molecule has 0 bridgehead atoms. The van der Waals surface area contributed by atoms with E-state index in [1.165, 1.54) is 31.2 Å². The molecule has 9 heteroatoms. The summed E-state index contributed by atoms with van der Waals surface area (Å²) in [5.41, 5.74) is 2.70. The van der Waals surface area contributed by atoms with Crippen LogP contribution in [0.1, 0.15) is 53.6 Å². The van der Waals surface area contributed by atoms with Crippen LogP contribution in [-0.4, -0.2) is 61.6 Å². The summed E-state index contributed by atoms with van der Waals surface area (Å²) in [6.45, 7) is 4.73. The number of likely N-dealkylation sites (tertiary alicyclic amines) is 1. The highest BCUT2D eigenvalue weighted by molar-refractivity contribution is 8.00. The van der Waals surface area contributed by atoms with Gasteiger partial charge in [0.15, 0.2) is 0 Å². The molecule has 2 heterocycles. The number of carbonyl (C=O) groups excluding carboxylic acids is 2. The molecule has 2 unspecified atom stereocenters. The van der Waals surface area contributed by atoms with E-state index in [2.05, 4.69) is 16.5 Å². The minimum atomic E-state index is -0.462. The van der Waals surface area contributed by atoms with Gasteiger partial charge in [0.2, 0.25) is 5.91 Å². The van der Waals surface area contributed by atoms with Gasteiger partial charge in [0.1, 0.15) is 17.1 Å². The fraction of sp³-hybridized carbons (Fsp3) is 0.481. The minimum Gasteiger partial charge on any atom is -0.492 e. The molecule has 0 radical (unpaired) electrons. The van der Waals surface area contributed by atoms with Crippen molar-refractivity contribution in [2.45, 2.75) is 49.6 Å². The molecule has 192 valence electrons. The first-order valence-electron chi connectivity index (χ1n) is 12.5. The molecule has 0 aromatic heterocycles. The van der Waals surface area contributed by atoms with Crippen LogP contribution in [0.3, 0.4) is 0 Å². The van der Waals surface area contributed by atoms with Crippen LogP contribution >= 0.6 is 11.9 Å². The van der Waals surface area contributed by atoms with E-state index in [1.807, 2.05) is 12.1 Å². The molecule has 5 rings (SSSR count). The summed E-state index contributed by atoms with van der Waals surface area (Å²) in [6, 6.07) is 8.32. The zero-order valence-electron chi connectivity index (χ0n) is 20.9. The van der Waals surface area contributed by atoms with Crippen molar-refractivity contribution in [3.05, 3.63) is 52.8 Å². The number of likely N-dealkylation sites (N-methyl/N-ethyl adjacent to an activating group) is 2. The molecule has 2 aromatic carbocycles. The number of anilines is 1. The van der Waals surface area contributed by atoms with Gasteiger partial charge < -0.3 is 19.1 Å². The van der Waals surface area contributed by atoms with E-state index in [-0.39, 0.29) is 24.3 Å². The van der Waals surface area contributed by atoms with Crippen molar-refractivity contribution >= 4 is 29.5 Å². The Bertz CT molecular complexity index is 1180. The van der Waals surface area contributed by atoms with Crippen molar-refractivity contribution < 1.29 is 23.5 Å². The molecular formula is C27H32FN3O4S. The highest BCUT2D eigenvalue weighted by Gasteiger charge is 2.45.